The number of allylic oxidation sites excluding steroid dienone is 1. The van der Waals surface area contributed by atoms with Crippen molar-refractivity contribution < 1.29 is 27.1 Å². The van der Waals surface area contributed by atoms with E-state index >= 15 is 4.39 Å². The van der Waals surface area contributed by atoms with Crippen molar-refractivity contribution in [3.05, 3.63) is 68.2 Å². The van der Waals surface area contributed by atoms with Crippen LogP contribution in [0.1, 0.15) is 29.3 Å². The van der Waals surface area contributed by atoms with Crippen LogP contribution in [0.4, 0.5) is 14.9 Å². The Bertz CT molecular complexity index is 1320. The summed E-state index contributed by atoms with van der Waals surface area (Å²) in [4.78, 5) is 28.4. The lowest BCUT2D eigenvalue weighted by molar-refractivity contribution is -0.118. The molecule has 0 unspecified atom stereocenters. The number of nitrogens with one attached hydrogen (secondary N) is 1. The summed E-state index contributed by atoms with van der Waals surface area (Å²) in [7, 11) is -3.90. The fourth-order valence-corrected chi connectivity index (χ4v) is 6.09. The van der Waals surface area contributed by atoms with Gasteiger partial charge in [-0.15, -0.1) is 11.3 Å². The summed E-state index contributed by atoms with van der Waals surface area (Å²) in [5.41, 5.74) is 1.15. The highest BCUT2D eigenvalue weighted by molar-refractivity contribution is 7.92. The van der Waals surface area contributed by atoms with Crippen molar-refractivity contribution in [2.75, 3.05) is 18.0 Å². The molecule has 3 heterocycles. The number of hydrogen-bond donors (Lipinski definition) is 1. The van der Waals surface area contributed by atoms with Gasteiger partial charge < -0.3 is 14.5 Å². The third-order valence-electron chi connectivity index (χ3n) is 5.64. The maximum atomic E-state index is 15.4. The number of benzene rings is 1. The Hall–Kier alpha value is -2.73. The van der Waals surface area contributed by atoms with E-state index in [-0.39, 0.29) is 43.9 Å². The summed E-state index contributed by atoms with van der Waals surface area (Å²) >= 11 is 7.07. The second kappa shape index (κ2) is 10.1. The van der Waals surface area contributed by atoms with E-state index in [2.05, 4.69) is 11.3 Å². The summed E-state index contributed by atoms with van der Waals surface area (Å²) in [6, 6.07) is 5.50. The molecule has 1 N–H and O–H groups in total. The van der Waals surface area contributed by atoms with Gasteiger partial charge in [0.2, 0.25) is 15.9 Å². The minimum atomic E-state index is -3.90. The van der Waals surface area contributed by atoms with Crippen LogP contribution in [0.15, 0.2) is 42.0 Å². The minimum Gasteiger partial charge on any atom is -0.416 e. The van der Waals surface area contributed by atoms with E-state index in [0.29, 0.717) is 20.3 Å². The molecule has 1 saturated heterocycles. The summed E-state index contributed by atoms with van der Waals surface area (Å²) in [6.45, 7) is 5.72. The molecule has 2 aliphatic rings. The van der Waals surface area contributed by atoms with Crippen molar-refractivity contribution in [1.29, 1.82) is 0 Å². The highest BCUT2D eigenvalue weighted by Crippen LogP contribution is 2.32. The first kappa shape index (κ1) is 25.4. The molecule has 0 aliphatic carbocycles. The van der Waals surface area contributed by atoms with Crippen LogP contribution < -0.4 is 9.62 Å². The van der Waals surface area contributed by atoms with Crippen molar-refractivity contribution in [2.24, 2.45) is 0 Å². The summed E-state index contributed by atoms with van der Waals surface area (Å²) < 4.78 is 48.2. The van der Waals surface area contributed by atoms with Gasteiger partial charge in [0, 0.05) is 29.9 Å². The molecular weight excluding hydrogens is 517 g/mol. The average Bonchev–Trinajstić information content (AvgIpc) is 3.37. The third-order valence-corrected chi connectivity index (χ3v) is 7.94. The van der Waals surface area contributed by atoms with E-state index in [9.17, 15) is 18.0 Å². The Morgan fingerprint density at radius 1 is 1.31 bits per heavy atom. The molecule has 1 aromatic heterocycles. The standard InChI is InChI=1S/C23H23ClFN3O5S2/c1-14(2)33-23(30)27-10-7-17-15(13-27)3-5-19(21(17)25)28-11-8-18(22(28)29)26-35(31,32)12-9-16-4-6-20(24)34-16/h3-6,9,12,18,26H,1,7-8,10-11,13H2,2H3/b12-9+/t18-/m0/s1. The molecule has 1 fully saturated rings. The SMILES string of the molecule is C=C(C)OC(=O)N1CCc2c(ccc(N3CC[C@H](NS(=O)(=O)/C=C/c4ccc(Cl)s4)C3=O)c2F)C1. The van der Waals surface area contributed by atoms with Gasteiger partial charge in [-0.2, -0.15) is 4.72 Å². The van der Waals surface area contributed by atoms with Crippen molar-refractivity contribution in [3.63, 3.8) is 0 Å². The number of nitrogens with zero attached hydrogens (tertiary/aromatic N) is 2. The number of hydrogen-bond acceptors (Lipinski definition) is 6. The summed E-state index contributed by atoms with van der Waals surface area (Å²) in [6.07, 6.45) is 1.31. The van der Waals surface area contributed by atoms with Crippen LogP contribution in [0.3, 0.4) is 0 Å². The molecule has 2 aliphatic heterocycles. The number of anilines is 1. The number of carbonyl (C=O) groups is 2. The second-order valence-corrected chi connectivity index (χ2v) is 11.6. The number of sulfonamides is 1. The Labute approximate surface area is 211 Å². The Morgan fingerprint density at radius 2 is 2.09 bits per heavy atom. The van der Waals surface area contributed by atoms with Gasteiger partial charge in [-0.25, -0.2) is 17.6 Å². The highest BCUT2D eigenvalue weighted by Gasteiger charge is 2.37. The minimum absolute atomic E-state index is 0.0946. The molecule has 0 saturated carbocycles. The Balaban J connectivity index is 1.45. The molecule has 1 aromatic carbocycles. The van der Waals surface area contributed by atoms with Crippen LogP contribution in [-0.2, 0) is 32.5 Å². The van der Waals surface area contributed by atoms with E-state index in [1.165, 1.54) is 33.3 Å². The number of fused-ring (bicyclic) bond motifs is 1. The van der Waals surface area contributed by atoms with Gasteiger partial charge in [-0.05, 0) is 55.2 Å². The lowest BCUT2D eigenvalue weighted by Gasteiger charge is -2.29. The van der Waals surface area contributed by atoms with Crippen LogP contribution in [0.25, 0.3) is 6.08 Å². The van der Waals surface area contributed by atoms with Gasteiger partial charge in [0.25, 0.3) is 0 Å². The monoisotopic (exact) mass is 539 g/mol. The van der Waals surface area contributed by atoms with Crippen LogP contribution in [0.5, 0.6) is 0 Å². The average molecular weight is 540 g/mol. The Morgan fingerprint density at radius 3 is 2.77 bits per heavy atom. The molecule has 12 heteroatoms. The first-order valence-electron chi connectivity index (χ1n) is 10.7. The summed E-state index contributed by atoms with van der Waals surface area (Å²) in [5.74, 6) is -0.796. The molecule has 2 amide bonds. The molecule has 1 atom stereocenters. The fraction of sp³-hybridized carbons (Fsp3) is 0.304. The van der Waals surface area contributed by atoms with Gasteiger partial charge in [0.1, 0.15) is 6.04 Å². The first-order chi connectivity index (χ1) is 16.5. The molecule has 8 nitrogen and oxygen atoms in total. The van der Waals surface area contributed by atoms with E-state index in [1.807, 2.05) is 0 Å². The van der Waals surface area contributed by atoms with Gasteiger partial charge >= 0.3 is 6.09 Å². The number of ether oxygens (including phenoxy) is 1. The zero-order valence-electron chi connectivity index (χ0n) is 18.8. The number of rotatable bonds is 6. The molecule has 35 heavy (non-hydrogen) atoms. The van der Waals surface area contributed by atoms with Gasteiger partial charge in [0.05, 0.1) is 15.8 Å². The molecule has 0 radical (unpaired) electrons. The second-order valence-electron chi connectivity index (χ2n) is 8.22. The number of carbonyl (C=O) groups excluding carboxylic acids is 2. The van der Waals surface area contributed by atoms with Crippen molar-refractivity contribution in [1.82, 2.24) is 9.62 Å². The molecule has 0 spiro atoms. The predicted octanol–water partition coefficient (Wildman–Crippen LogP) is 4.26. The van der Waals surface area contributed by atoms with Crippen molar-refractivity contribution >= 4 is 56.7 Å². The maximum Gasteiger partial charge on any atom is 0.415 e. The molecule has 4 rings (SSSR count). The number of amides is 2. The van der Waals surface area contributed by atoms with Crippen LogP contribution in [0.2, 0.25) is 4.34 Å². The normalized spacial score (nSPS) is 18.3. The number of halogens is 2. The number of thiophene rings is 1. The lowest BCUT2D eigenvalue weighted by atomic mass is 9.98. The van der Waals surface area contributed by atoms with Crippen molar-refractivity contribution in [2.45, 2.75) is 32.4 Å². The topological polar surface area (TPSA) is 96.0 Å². The molecule has 0 bridgehead atoms. The first-order valence-corrected chi connectivity index (χ1v) is 13.5. The predicted molar refractivity (Wildman–Crippen MR) is 133 cm³/mol. The van der Waals surface area contributed by atoms with E-state index in [1.54, 1.807) is 25.1 Å². The smallest absolute Gasteiger partial charge is 0.415 e. The zero-order valence-corrected chi connectivity index (χ0v) is 21.2. The lowest BCUT2D eigenvalue weighted by Crippen LogP contribution is -2.41. The van der Waals surface area contributed by atoms with Gasteiger partial charge in [0.15, 0.2) is 5.82 Å². The molecule has 2 aromatic rings. The Kier molecular flexibility index (Phi) is 7.32. The molecular formula is C23H23ClFN3O5S2. The third kappa shape index (κ3) is 5.75. The van der Waals surface area contributed by atoms with E-state index in [0.717, 1.165) is 5.41 Å². The van der Waals surface area contributed by atoms with Gasteiger partial charge in [-0.1, -0.05) is 24.2 Å². The van der Waals surface area contributed by atoms with Crippen LogP contribution in [-0.4, -0.2) is 44.4 Å². The van der Waals surface area contributed by atoms with Gasteiger partial charge in [-0.3, -0.25) is 4.79 Å². The quantitative estimate of drug-likeness (QED) is 0.553. The highest BCUT2D eigenvalue weighted by atomic mass is 35.5. The van der Waals surface area contributed by atoms with Crippen molar-refractivity contribution in [3.8, 4) is 0 Å². The van der Waals surface area contributed by atoms with Crippen LogP contribution >= 0.6 is 22.9 Å². The largest absolute Gasteiger partial charge is 0.416 e. The van der Waals surface area contributed by atoms with E-state index < -0.39 is 33.9 Å². The van der Waals surface area contributed by atoms with Crippen LogP contribution in [0, 0.1) is 5.82 Å². The fourth-order valence-electron chi connectivity index (χ4n) is 4.02. The zero-order chi connectivity index (χ0) is 25.3. The molecule has 186 valence electrons. The summed E-state index contributed by atoms with van der Waals surface area (Å²) in [5, 5.41) is 0.981. The van der Waals surface area contributed by atoms with E-state index in [4.69, 9.17) is 16.3 Å². The maximum absolute atomic E-state index is 15.4.